The van der Waals surface area contributed by atoms with E-state index in [1.54, 1.807) is 0 Å². The Morgan fingerprint density at radius 2 is 2.21 bits per heavy atom. The van der Waals surface area contributed by atoms with Crippen molar-refractivity contribution in [1.82, 2.24) is 5.32 Å². The molecule has 0 aromatic heterocycles. The molecule has 0 saturated carbocycles. The molecule has 1 fully saturated rings. The maximum Gasteiger partial charge on any atom is 0.522 e. The Labute approximate surface area is 80.6 Å². The largest absolute Gasteiger partial charge is 0.522 e. The molecule has 0 bridgehead atoms. The molecule has 14 heavy (non-hydrogen) atoms. The second-order valence-electron chi connectivity index (χ2n) is 3.58. The van der Waals surface area contributed by atoms with Gasteiger partial charge in [-0.3, -0.25) is 4.74 Å². The minimum absolute atomic E-state index is 0.180. The van der Waals surface area contributed by atoms with Gasteiger partial charge in [0, 0.05) is 18.7 Å². The summed E-state index contributed by atoms with van der Waals surface area (Å²) < 4.78 is 43.5. The summed E-state index contributed by atoms with van der Waals surface area (Å²) in [4.78, 5) is 0. The highest BCUT2D eigenvalue weighted by molar-refractivity contribution is 4.86. The van der Waals surface area contributed by atoms with Crippen LogP contribution in [-0.4, -0.2) is 38.3 Å². The molecule has 1 atom stereocenters. The SMILES string of the molecule is CC1(NCCOC(F)(F)F)CCOC1. The number of hydrogen-bond donors (Lipinski definition) is 1. The number of rotatable bonds is 4. The van der Waals surface area contributed by atoms with Crippen LogP contribution in [0, 0.1) is 0 Å². The molecule has 1 aliphatic rings. The molecule has 0 spiro atoms. The van der Waals surface area contributed by atoms with Crippen molar-refractivity contribution >= 4 is 0 Å². The predicted molar refractivity (Wildman–Crippen MR) is 43.9 cm³/mol. The Balaban J connectivity index is 2.09. The van der Waals surface area contributed by atoms with Gasteiger partial charge in [0.15, 0.2) is 0 Å². The molecule has 1 unspecified atom stereocenters. The molecule has 0 aliphatic carbocycles. The van der Waals surface area contributed by atoms with Crippen LogP contribution in [0.5, 0.6) is 0 Å². The fourth-order valence-corrected chi connectivity index (χ4v) is 1.33. The van der Waals surface area contributed by atoms with Crippen LogP contribution in [0.25, 0.3) is 0 Å². The van der Waals surface area contributed by atoms with Gasteiger partial charge in [0.25, 0.3) is 0 Å². The van der Waals surface area contributed by atoms with Crippen molar-refractivity contribution in [2.45, 2.75) is 25.2 Å². The van der Waals surface area contributed by atoms with E-state index >= 15 is 0 Å². The Morgan fingerprint density at radius 1 is 1.50 bits per heavy atom. The number of nitrogens with one attached hydrogen (secondary N) is 1. The van der Waals surface area contributed by atoms with Gasteiger partial charge in [-0.2, -0.15) is 0 Å². The van der Waals surface area contributed by atoms with Crippen molar-refractivity contribution in [3.05, 3.63) is 0 Å². The smallest absolute Gasteiger partial charge is 0.379 e. The van der Waals surface area contributed by atoms with Crippen LogP contribution < -0.4 is 5.32 Å². The summed E-state index contributed by atoms with van der Waals surface area (Å²) in [5.74, 6) is 0. The number of ether oxygens (including phenoxy) is 2. The molecule has 3 nitrogen and oxygen atoms in total. The highest BCUT2D eigenvalue weighted by Gasteiger charge is 2.31. The van der Waals surface area contributed by atoms with E-state index in [1.165, 1.54) is 0 Å². The lowest BCUT2D eigenvalue weighted by Gasteiger charge is -2.23. The zero-order valence-electron chi connectivity index (χ0n) is 7.99. The Kier molecular flexibility index (Phi) is 3.74. The minimum Gasteiger partial charge on any atom is -0.379 e. The second-order valence-corrected chi connectivity index (χ2v) is 3.58. The molecule has 0 aromatic rings. The normalized spacial score (nSPS) is 28.3. The van der Waals surface area contributed by atoms with Gasteiger partial charge < -0.3 is 10.1 Å². The first-order valence-electron chi connectivity index (χ1n) is 4.45. The first-order chi connectivity index (χ1) is 6.41. The van der Waals surface area contributed by atoms with Crippen LogP contribution in [0.1, 0.15) is 13.3 Å². The molecule has 1 heterocycles. The van der Waals surface area contributed by atoms with Gasteiger partial charge in [0.1, 0.15) is 0 Å². The van der Waals surface area contributed by atoms with Crippen molar-refractivity contribution in [1.29, 1.82) is 0 Å². The fraction of sp³-hybridized carbons (Fsp3) is 1.00. The van der Waals surface area contributed by atoms with E-state index in [0.717, 1.165) is 6.42 Å². The van der Waals surface area contributed by atoms with E-state index in [4.69, 9.17) is 4.74 Å². The van der Waals surface area contributed by atoms with Crippen LogP contribution in [0.15, 0.2) is 0 Å². The third-order valence-electron chi connectivity index (χ3n) is 2.14. The maximum absolute atomic E-state index is 11.6. The molecule has 6 heteroatoms. The lowest BCUT2D eigenvalue weighted by Crippen LogP contribution is -2.44. The van der Waals surface area contributed by atoms with Crippen LogP contribution >= 0.6 is 0 Å². The third kappa shape index (κ3) is 4.26. The summed E-state index contributed by atoms with van der Waals surface area (Å²) in [6.45, 7) is 2.94. The van der Waals surface area contributed by atoms with E-state index in [1.807, 2.05) is 6.92 Å². The molecular formula is C8H14F3NO2. The third-order valence-corrected chi connectivity index (χ3v) is 2.14. The monoisotopic (exact) mass is 213 g/mol. The molecule has 1 N–H and O–H groups in total. The molecule has 0 amide bonds. The number of hydrogen-bond acceptors (Lipinski definition) is 3. The number of halogens is 3. The summed E-state index contributed by atoms with van der Waals surface area (Å²) in [6.07, 6.45) is -3.71. The fourth-order valence-electron chi connectivity index (χ4n) is 1.33. The van der Waals surface area contributed by atoms with Crippen molar-refractivity contribution < 1.29 is 22.6 Å². The lowest BCUT2D eigenvalue weighted by molar-refractivity contribution is -0.323. The minimum atomic E-state index is -4.53. The van der Waals surface area contributed by atoms with Crippen LogP contribution in [-0.2, 0) is 9.47 Å². The highest BCUT2D eigenvalue weighted by Crippen LogP contribution is 2.18. The van der Waals surface area contributed by atoms with E-state index in [2.05, 4.69) is 10.1 Å². The van der Waals surface area contributed by atoms with Crippen LogP contribution in [0.3, 0.4) is 0 Å². The van der Waals surface area contributed by atoms with Gasteiger partial charge >= 0.3 is 6.36 Å². The van der Waals surface area contributed by atoms with Crippen LogP contribution in [0.4, 0.5) is 13.2 Å². The summed E-state index contributed by atoms with van der Waals surface area (Å²) in [7, 11) is 0. The van der Waals surface area contributed by atoms with Gasteiger partial charge in [-0.05, 0) is 13.3 Å². The maximum atomic E-state index is 11.6. The highest BCUT2D eigenvalue weighted by atomic mass is 19.4. The van der Waals surface area contributed by atoms with Gasteiger partial charge in [0.05, 0.1) is 13.2 Å². The van der Waals surface area contributed by atoms with E-state index in [9.17, 15) is 13.2 Å². The van der Waals surface area contributed by atoms with Crippen molar-refractivity contribution in [2.24, 2.45) is 0 Å². The van der Waals surface area contributed by atoms with Crippen molar-refractivity contribution in [2.75, 3.05) is 26.4 Å². The van der Waals surface area contributed by atoms with Crippen molar-refractivity contribution in [3.63, 3.8) is 0 Å². The van der Waals surface area contributed by atoms with Gasteiger partial charge in [-0.15, -0.1) is 13.2 Å². The standard InChI is InChI=1S/C8H14F3NO2/c1-7(2-4-13-6-7)12-3-5-14-8(9,10)11/h12H,2-6H2,1H3. The van der Waals surface area contributed by atoms with E-state index in [0.29, 0.717) is 13.2 Å². The number of alkyl halides is 3. The molecule has 0 aromatic carbocycles. The summed E-state index contributed by atoms with van der Waals surface area (Å²) in [5.41, 5.74) is -0.199. The molecule has 1 saturated heterocycles. The Hall–Kier alpha value is -0.330. The summed E-state index contributed by atoms with van der Waals surface area (Å²) >= 11 is 0. The van der Waals surface area contributed by atoms with E-state index in [-0.39, 0.29) is 18.7 Å². The predicted octanol–water partition coefficient (Wildman–Crippen LogP) is 1.29. The zero-order valence-corrected chi connectivity index (χ0v) is 7.99. The van der Waals surface area contributed by atoms with E-state index < -0.39 is 6.36 Å². The molecule has 1 rings (SSSR count). The van der Waals surface area contributed by atoms with Gasteiger partial charge in [0.2, 0.25) is 0 Å². The average Bonchev–Trinajstić information content (AvgIpc) is 2.45. The quantitative estimate of drug-likeness (QED) is 0.714. The Bertz CT molecular complexity index is 178. The zero-order chi connectivity index (χ0) is 10.7. The lowest BCUT2D eigenvalue weighted by atomic mass is 10.0. The van der Waals surface area contributed by atoms with Gasteiger partial charge in [-0.1, -0.05) is 0 Å². The molecule has 84 valence electrons. The Morgan fingerprint density at radius 3 is 2.71 bits per heavy atom. The molecule has 0 radical (unpaired) electrons. The summed E-state index contributed by atoms with van der Waals surface area (Å²) in [5, 5.41) is 2.98. The molecular weight excluding hydrogens is 199 g/mol. The molecule has 1 aliphatic heterocycles. The average molecular weight is 213 g/mol. The first-order valence-corrected chi connectivity index (χ1v) is 4.45. The van der Waals surface area contributed by atoms with Crippen molar-refractivity contribution in [3.8, 4) is 0 Å². The summed E-state index contributed by atoms with van der Waals surface area (Å²) in [6, 6.07) is 0. The topological polar surface area (TPSA) is 30.5 Å². The second kappa shape index (κ2) is 4.46. The van der Waals surface area contributed by atoms with Gasteiger partial charge in [-0.25, -0.2) is 0 Å². The first kappa shape index (κ1) is 11.7. The van der Waals surface area contributed by atoms with Crippen LogP contribution in [0.2, 0.25) is 0 Å².